The number of carbonyl (C=O) groups is 5. The van der Waals surface area contributed by atoms with Crippen molar-refractivity contribution in [2.45, 2.75) is 90.1 Å². The molecular weight excluding hydrogens is 977 g/mol. The summed E-state index contributed by atoms with van der Waals surface area (Å²) in [5.41, 5.74) is 3.37. The van der Waals surface area contributed by atoms with Crippen molar-refractivity contribution in [2.75, 3.05) is 36.8 Å². The molecule has 20 nitrogen and oxygen atoms in total. The molecule has 396 valence electrons. The zero-order valence-corrected chi connectivity index (χ0v) is 43.3. The van der Waals surface area contributed by atoms with E-state index in [0.717, 1.165) is 77.7 Å². The lowest BCUT2D eigenvalue weighted by Gasteiger charge is -2.36. The number of nitrogens with zero attached hydrogens (tertiary/aromatic N) is 9. The fraction of sp³-hybridized carbons (Fsp3) is 0.316. The van der Waals surface area contributed by atoms with Gasteiger partial charge in [-0.1, -0.05) is 67.1 Å². The number of benzene rings is 4. The molecule has 2 atom stereocenters. The average molecular weight is 1040 g/mol. The van der Waals surface area contributed by atoms with Crippen LogP contribution in [0.3, 0.4) is 0 Å². The maximum absolute atomic E-state index is 13.5. The average Bonchev–Trinajstić information content (AvgIpc) is 4.19. The molecule has 4 aromatic heterocycles. The minimum Gasteiger partial charge on any atom is -0.444 e. The summed E-state index contributed by atoms with van der Waals surface area (Å²) >= 11 is 0. The van der Waals surface area contributed by atoms with Crippen LogP contribution in [0.25, 0.3) is 21.5 Å². The summed E-state index contributed by atoms with van der Waals surface area (Å²) in [6.45, 7) is 8.88. The number of nitrogens with one attached hydrogen (secondary N) is 5. The van der Waals surface area contributed by atoms with E-state index in [-0.39, 0.29) is 53.8 Å². The van der Waals surface area contributed by atoms with Gasteiger partial charge in [0.15, 0.2) is 11.4 Å². The van der Waals surface area contributed by atoms with Crippen LogP contribution in [-0.2, 0) is 17.8 Å². The van der Waals surface area contributed by atoms with Gasteiger partial charge in [-0.05, 0) is 128 Å². The minimum atomic E-state index is -0.605. The SMILES string of the molecule is CC(C)(C)OC(=O)N1CCCCC1CNC(=O)c1ncccc1NC(=O)c1ccc(Cn2cncn2)c2ccccc12.O=C(NCC1CCCCN1)c1ncccc1NC(=O)c1ccc(Cn2cncn2)c2ccccc12. The van der Waals surface area contributed by atoms with Gasteiger partial charge in [0.25, 0.3) is 23.6 Å². The number of aromatic nitrogens is 8. The zero-order chi connectivity index (χ0) is 53.7. The van der Waals surface area contributed by atoms with Crippen LogP contribution in [0.1, 0.15) is 112 Å². The van der Waals surface area contributed by atoms with Crippen molar-refractivity contribution in [2.24, 2.45) is 0 Å². The number of anilines is 2. The van der Waals surface area contributed by atoms with Crippen molar-refractivity contribution in [1.82, 2.24) is 60.3 Å². The van der Waals surface area contributed by atoms with Crippen LogP contribution in [0, 0.1) is 0 Å². The number of likely N-dealkylation sites (tertiary alicyclic amines) is 1. The first-order valence-electron chi connectivity index (χ1n) is 25.9. The van der Waals surface area contributed by atoms with Crippen LogP contribution in [0.4, 0.5) is 16.2 Å². The van der Waals surface area contributed by atoms with Crippen LogP contribution in [0.2, 0.25) is 0 Å². The lowest BCUT2D eigenvalue weighted by molar-refractivity contribution is 0.00982. The largest absolute Gasteiger partial charge is 0.444 e. The Morgan fingerprint density at radius 1 is 0.597 bits per heavy atom. The molecule has 10 rings (SSSR count). The Labute approximate surface area is 445 Å². The second-order valence-electron chi connectivity index (χ2n) is 19.9. The van der Waals surface area contributed by atoms with Gasteiger partial charge in [0.2, 0.25) is 0 Å². The molecule has 0 saturated carbocycles. The standard InChI is InChI=1S/C31H35N7O4.C26H27N7O2/c1-31(2,3)42-30(41)38-16-7-6-9-22(38)17-34-29(40)27-26(12-8-15-33-27)36-28(39)25-14-13-21(18-37-20-32-19-35-37)23-10-4-5-11-24(23)25;34-25(22-11-10-18(15-33-17-27-16-31-33)20-7-1-2-8-21(20)22)32-23-9-5-13-29-24(23)26(35)30-14-19-6-3-4-12-28-19/h4-5,8,10-15,19-20,22H,6-7,9,16-18H2,1-3H3,(H,34,40)(H,36,39);1-2,5,7-11,13,16-17,19,28H,3-4,6,12,14-15H2,(H,30,35)(H,32,34). The molecule has 2 unspecified atom stereocenters. The van der Waals surface area contributed by atoms with Gasteiger partial charge in [-0.3, -0.25) is 19.2 Å². The number of carbonyl (C=O) groups excluding carboxylic acids is 5. The second-order valence-corrected chi connectivity index (χ2v) is 19.9. The first kappa shape index (κ1) is 52.9. The fourth-order valence-corrected chi connectivity index (χ4v) is 9.59. The lowest BCUT2D eigenvalue weighted by atomic mass is 9.99. The van der Waals surface area contributed by atoms with E-state index in [1.807, 2.05) is 81.4 Å². The van der Waals surface area contributed by atoms with E-state index >= 15 is 0 Å². The van der Waals surface area contributed by atoms with E-state index in [4.69, 9.17) is 4.74 Å². The van der Waals surface area contributed by atoms with Crippen LogP contribution in [0.15, 0.2) is 135 Å². The van der Waals surface area contributed by atoms with Gasteiger partial charge in [0.1, 0.15) is 30.9 Å². The quantitative estimate of drug-likeness (QED) is 0.0704. The minimum absolute atomic E-state index is 0.0950. The molecule has 0 aliphatic carbocycles. The molecule has 6 heterocycles. The number of piperidine rings is 2. The highest BCUT2D eigenvalue weighted by molar-refractivity contribution is 6.16. The fourth-order valence-electron chi connectivity index (χ4n) is 9.59. The molecule has 0 radical (unpaired) electrons. The van der Waals surface area contributed by atoms with E-state index in [1.165, 1.54) is 18.9 Å². The molecule has 20 heteroatoms. The first-order valence-corrected chi connectivity index (χ1v) is 25.9. The van der Waals surface area contributed by atoms with Crippen molar-refractivity contribution in [1.29, 1.82) is 0 Å². The summed E-state index contributed by atoms with van der Waals surface area (Å²) in [7, 11) is 0. The number of rotatable bonds is 14. The zero-order valence-electron chi connectivity index (χ0n) is 43.3. The van der Waals surface area contributed by atoms with Gasteiger partial charge in [0, 0.05) is 49.2 Å². The van der Waals surface area contributed by atoms with Gasteiger partial charge in [-0.2, -0.15) is 10.2 Å². The summed E-state index contributed by atoms with van der Waals surface area (Å²) in [6, 6.07) is 29.6. The van der Waals surface area contributed by atoms with E-state index in [0.29, 0.717) is 48.7 Å². The van der Waals surface area contributed by atoms with E-state index in [2.05, 4.69) is 56.7 Å². The Morgan fingerprint density at radius 3 is 1.61 bits per heavy atom. The van der Waals surface area contributed by atoms with Crippen molar-refractivity contribution < 1.29 is 28.7 Å². The molecular formula is C57H62N14O6. The predicted molar refractivity (Wildman–Crippen MR) is 291 cm³/mol. The highest BCUT2D eigenvalue weighted by atomic mass is 16.6. The number of fused-ring (bicyclic) bond motifs is 2. The maximum Gasteiger partial charge on any atom is 0.410 e. The van der Waals surface area contributed by atoms with Crippen LogP contribution < -0.4 is 26.6 Å². The molecule has 77 heavy (non-hydrogen) atoms. The van der Waals surface area contributed by atoms with Crippen LogP contribution in [0.5, 0.6) is 0 Å². The normalized spacial score (nSPS) is 15.4. The molecule has 8 aromatic rings. The van der Waals surface area contributed by atoms with Crippen molar-refractivity contribution in [3.8, 4) is 0 Å². The summed E-state index contributed by atoms with van der Waals surface area (Å²) in [5, 5.41) is 26.9. The molecule has 2 aliphatic rings. The molecule has 0 bridgehead atoms. The molecule has 5 N–H and O–H groups in total. The smallest absolute Gasteiger partial charge is 0.410 e. The van der Waals surface area contributed by atoms with Crippen LogP contribution >= 0.6 is 0 Å². The summed E-state index contributed by atoms with van der Waals surface area (Å²) in [6.07, 6.45) is 14.9. The number of pyridine rings is 2. The molecule has 4 aromatic carbocycles. The van der Waals surface area contributed by atoms with Crippen LogP contribution in [-0.4, -0.2) is 118 Å². The second kappa shape index (κ2) is 24.6. The van der Waals surface area contributed by atoms with Gasteiger partial charge >= 0.3 is 6.09 Å². The highest BCUT2D eigenvalue weighted by Crippen LogP contribution is 2.28. The molecule has 0 spiro atoms. The third-order valence-corrected chi connectivity index (χ3v) is 13.3. The molecule has 5 amide bonds. The van der Waals surface area contributed by atoms with Gasteiger partial charge in [0.05, 0.1) is 30.5 Å². The topological polar surface area (TPSA) is 245 Å². The maximum atomic E-state index is 13.5. The number of hydrogen-bond acceptors (Lipinski definition) is 13. The summed E-state index contributed by atoms with van der Waals surface area (Å²) < 4.78 is 9.04. The van der Waals surface area contributed by atoms with E-state index < -0.39 is 11.5 Å². The Kier molecular flexibility index (Phi) is 16.9. The number of ether oxygens (including phenoxy) is 1. The number of hydrogen-bond donors (Lipinski definition) is 5. The molecule has 2 saturated heterocycles. The Morgan fingerprint density at radius 2 is 1.12 bits per heavy atom. The molecule has 2 aliphatic heterocycles. The van der Waals surface area contributed by atoms with Gasteiger partial charge in [-0.15, -0.1) is 0 Å². The lowest BCUT2D eigenvalue weighted by Crippen LogP contribution is -2.50. The predicted octanol–water partition coefficient (Wildman–Crippen LogP) is 7.65. The van der Waals surface area contributed by atoms with Crippen molar-refractivity contribution in [3.63, 3.8) is 0 Å². The van der Waals surface area contributed by atoms with Crippen molar-refractivity contribution >= 4 is 62.6 Å². The third kappa shape index (κ3) is 13.5. The first-order chi connectivity index (χ1) is 37.4. The van der Waals surface area contributed by atoms with E-state index in [9.17, 15) is 24.0 Å². The summed E-state index contributed by atoms with van der Waals surface area (Å²) in [4.78, 5) is 83.9. The highest BCUT2D eigenvalue weighted by Gasteiger charge is 2.31. The number of amides is 5. The van der Waals surface area contributed by atoms with Gasteiger partial charge in [-0.25, -0.2) is 34.1 Å². The summed E-state index contributed by atoms with van der Waals surface area (Å²) in [5.74, 6) is -1.40. The Bertz CT molecular complexity index is 3350. The third-order valence-electron chi connectivity index (χ3n) is 13.3. The van der Waals surface area contributed by atoms with Crippen molar-refractivity contribution in [3.05, 3.63) is 168 Å². The molecule has 2 fully saturated rings. The van der Waals surface area contributed by atoms with E-state index in [1.54, 1.807) is 69.5 Å². The van der Waals surface area contributed by atoms with Gasteiger partial charge < -0.3 is 36.2 Å². The Hall–Kier alpha value is -8.91. The Balaban J connectivity index is 0.000000191. The monoisotopic (exact) mass is 1040 g/mol.